The summed E-state index contributed by atoms with van der Waals surface area (Å²) in [6, 6.07) is 7.49. The number of tetrazole rings is 1. The smallest absolute Gasteiger partial charge is 0.244 e. The second-order valence-corrected chi connectivity index (χ2v) is 4.78. The lowest BCUT2D eigenvalue weighted by molar-refractivity contribution is -0.132. The second kappa shape index (κ2) is 5.78. The summed E-state index contributed by atoms with van der Waals surface area (Å²) >= 11 is 0. The summed E-state index contributed by atoms with van der Waals surface area (Å²) in [6.45, 7) is 0.961. The molecule has 1 aromatic heterocycles. The number of aromatic nitrogens is 4. The zero-order chi connectivity index (χ0) is 14.7. The third kappa shape index (κ3) is 3.10. The highest BCUT2D eigenvalue weighted by Gasteiger charge is 2.23. The van der Waals surface area contributed by atoms with E-state index in [1.807, 2.05) is 24.3 Å². The SMILES string of the molecule is CN(CC1COc2ccccc2O1)C(=O)Cn1cnnn1. The number of likely N-dealkylation sites (N-methyl/N-ethyl adjacent to an activating group) is 1. The average Bonchev–Trinajstić information content (AvgIpc) is 3.00. The Balaban J connectivity index is 1.56. The molecule has 8 heteroatoms. The molecule has 2 aromatic rings. The number of amides is 1. The summed E-state index contributed by atoms with van der Waals surface area (Å²) in [5.74, 6) is 1.34. The lowest BCUT2D eigenvalue weighted by Crippen LogP contribution is -2.42. The van der Waals surface area contributed by atoms with Crippen LogP contribution >= 0.6 is 0 Å². The monoisotopic (exact) mass is 289 g/mol. The van der Waals surface area contributed by atoms with E-state index in [1.165, 1.54) is 11.0 Å². The number of ether oxygens (including phenoxy) is 2. The van der Waals surface area contributed by atoms with E-state index in [9.17, 15) is 4.79 Å². The molecule has 0 saturated carbocycles. The van der Waals surface area contributed by atoms with E-state index in [2.05, 4.69) is 15.5 Å². The van der Waals surface area contributed by atoms with E-state index in [1.54, 1.807) is 11.9 Å². The quantitative estimate of drug-likeness (QED) is 0.786. The first kappa shape index (κ1) is 13.3. The van der Waals surface area contributed by atoms with Gasteiger partial charge in [-0.1, -0.05) is 12.1 Å². The number of para-hydroxylation sites is 2. The third-order valence-corrected chi connectivity index (χ3v) is 3.16. The molecule has 1 aromatic carbocycles. The Hall–Kier alpha value is -2.64. The number of hydrogen-bond donors (Lipinski definition) is 0. The van der Waals surface area contributed by atoms with Gasteiger partial charge in [0, 0.05) is 7.05 Å². The first-order chi connectivity index (χ1) is 10.2. The van der Waals surface area contributed by atoms with E-state index in [0.29, 0.717) is 18.9 Å². The van der Waals surface area contributed by atoms with Crippen LogP contribution in [-0.2, 0) is 11.3 Å². The van der Waals surface area contributed by atoms with Crippen molar-refractivity contribution in [1.29, 1.82) is 0 Å². The maximum Gasteiger partial charge on any atom is 0.244 e. The highest BCUT2D eigenvalue weighted by Crippen LogP contribution is 2.30. The standard InChI is InChI=1S/C13H15N5O3/c1-17(13(19)7-18-9-14-15-16-18)6-10-8-20-11-4-2-3-5-12(11)21-10/h2-5,9-10H,6-8H2,1H3. The molecular formula is C13H15N5O3. The molecule has 8 nitrogen and oxygen atoms in total. The molecule has 1 aliphatic heterocycles. The first-order valence-electron chi connectivity index (χ1n) is 6.55. The lowest BCUT2D eigenvalue weighted by Gasteiger charge is -2.29. The van der Waals surface area contributed by atoms with Crippen LogP contribution in [0.15, 0.2) is 30.6 Å². The number of fused-ring (bicyclic) bond motifs is 1. The summed E-state index contributed by atoms with van der Waals surface area (Å²) in [5, 5.41) is 10.7. The molecule has 21 heavy (non-hydrogen) atoms. The van der Waals surface area contributed by atoms with Crippen molar-refractivity contribution >= 4 is 5.91 Å². The van der Waals surface area contributed by atoms with Crippen molar-refractivity contribution in [3.05, 3.63) is 30.6 Å². The number of carbonyl (C=O) groups is 1. The van der Waals surface area contributed by atoms with Gasteiger partial charge >= 0.3 is 0 Å². The molecule has 1 unspecified atom stereocenters. The fraction of sp³-hybridized carbons (Fsp3) is 0.385. The topological polar surface area (TPSA) is 82.4 Å². The zero-order valence-corrected chi connectivity index (χ0v) is 11.5. The number of carbonyl (C=O) groups excluding carboxylic acids is 1. The van der Waals surface area contributed by atoms with Gasteiger partial charge in [-0.2, -0.15) is 0 Å². The predicted octanol–water partition coefficient (Wildman–Crippen LogP) is -0.0285. The van der Waals surface area contributed by atoms with Gasteiger partial charge in [-0.3, -0.25) is 4.79 Å². The Morgan fingerprint density at radius 2 is 2.24 bits per heavy atom. The summed E-state index contributed by atoms with van der Waals surface area (Å²) in [6.07, 6.45) is 1.21. The Morgan fingerprint density at radius 3 is 3.00 bits per heavy atom. The minimum absolute atomic E-state index is 0.0928. The van der Waals surface area contributed by atoms with Gasteiger partial charge in [-0.05, 0) is 22.6 Å². The van der Waals surface area contributed by atoms with Crippen molar-refractivity contribution < 1.29 is 14.3 Å². The Morgan fingerprint density at radius 1 is 1.43 bits per heavy atom. The van der Waals surface area contributed by atoms with Crippen LogP contribution in [0.2, 0.25) is 0 Å². The summed E-state index contributed by atoms with van der Waals surface area (Å²) in [7, 11) is 1.72. The van der Waals surface area contributed by atoms with Gasteiger partial charge in [-0.25, -0.2) is 4.68 Å². The van der Waals surface area contributed by atoms with E-state index in [0.717, 1.165) is 5.75 Å². The molecule has 0 N–H and O–H groups in total. The maximum atomic E-state index is 12.0. The molecule has 1 aliphatic rings. The molecule has 0 fully saturated rings. The zero-order valence-electron chi connectivity index (χ0n) is 11.5. The van der Waals surface area contributed by atoms with Gasteiger partial charge in [0.05, 0.1) is 6.54 Å². The normalized spacial score (nSPS) is 16.5. The summed E-state index contributed by atoms with van der Waals surface area (Å²) in [4.78, 5) is 13.6. The van der Waals surface area contributed by atoms with Crippen molar-refractivity contribution in [2.24, 2.45) is 0 Å². The predicted molar refractivity (Wildman–Crippen MR) is 71.8 cm³/mol. The second-order valence-electron chi connectivity index (χ2n) is 4.78. The van der Waals surface area contributed by atoms with Gasteiger partial charge in [0.2, 0.25) is 5.91 Å². The molecule has 0 spiro atoms. The van der Waals surface area contributed by atoms with Crippen LogP contribution in [0.4, 0.5) is 0 Å². The summed E-state index contributed by atoms with van der Waals surface area (Å²) in [5.41, 5.74) is 0. The number of nitrogens with zero attached hydrogens (tertiary/aromatic N) is 5. The van der Waals surface area contributed by atoms with Crippen LogP contribution in [0, 0.1) is 0 Å². The van der Waals surface area contributed by atoms with Crippen molar-refractivity contribution in [1.82, 2.24) is 25.1 Å². The highest BCUT2D eigenvalue weighted by atomic mass is 16.6. The molecular weight excluding hydrogens is 274 g/mol. The van der Waals surface area contributed by atoms with Crippen LogP contribution in [0.25, 0.3) is 0 Å². The maximum absolute atomic E-state index is 12.0. The molecule has 0 radical (unpaired) electrons. The van der Waals surface area contributed by atoms with E-state index in [4.69, 9.17) is 9.47 Å². The minimum Gasteiger partial charge on any atom is -0.486 e. The van der Waals surface area contributed by atoms with Crippen molar-refractivity contribution in [3.63, 3.8) is 0 Å². The van der Waals surface area contributed by atoms with Gasteiger partial charge in [0.25, 0.3) is 0 Å². The first-order valence-corrected chi connectivity index (χ1v) is 6.55. The van der Waals surface area contributed by atoms with Gasteiger partial charge < -0.3 is 14.4 Å². The Labute approximate surface area is 121 Å². The largest absolute Gasteiger partial charge is 0.486 e. The van der Waals surface area contributed by atoms with Crippen LogP contribution < -0.4 is 9.47 Å². The Kier molecular flexibility index (Phi) is 3.67. The minimum atomic E-state index is -0.192. The number of hydrogen-bond acceptors (Lipinski definition) is 6. The van der Waals surface area contributed by atoms with Crippen LogP contribution in [0.3, 0.4) is 0 Å². The highest BCUT2D eigenvalue weighted by molar-refractivity contribution is 5.75. The van der Waals surface area contributed by atoms with Crippen LogP contribution in [0.5, 0.6) is 11.5 Å². The summed E-state index contributed by atoms with van der Waals surface area (Å²) < 4.78 is 12.8. The van der Waals surface area contributed by atoms with Crippen LogP contribution in [-0.4, -0.2) is 57.3 Å². The molecule has 0 saturated heterocycles. The number of benzene rings is 1. The fourth-order valence-corrected chi connectivity index (χ4v) is 2.07. The van der Waals surface area contributed by atoms with Crippen molar-refractivity contribution in [3.8, 4) is 11.5 Å². The fourth-order valence-electron chi connectivity index (χ4n) is 2.07. The van der Waals surface area contributed by atoms with E-state index in [-0.39, 0.29) is 18.6 Å². The average molecular weight is 289 g/mol. The number of rotatable bonds is 4. The molecule has 110 valence electrons. The molecule has 2 heterocycles. The van der Waals surface area contributed by atoms with Crippen molar-refractivity contribution in [2.75, 3.05) is 20.2 Å². The molecule has 3 rings (SSSR count). The molecule has 0 aliphatic carbocycles. The van der Waals surface area contributed by atoms with Gasteiger partial charge in [0.1, 0.15) is 19.5 Å². The molecule has 1 atom stereocenters. The van der Waals surface area contributed by atoms with Gasteiger partial charge in [0.15, 0.2) is 17.6 Å². The van der Waals surface area contributed by atoms with Gasteiger partial charge in [-0.15, -0.1) is 5.10 Å². The Bertz CT molecular complexity index is 616. The molecule has 0 bridgehead atoms. The van der Waals surface area contributed by atoms with Crippen LogP contribution in [0.1, 0.15) is 0 Å². The molecule has 1 amide bonds. The lowest BCUT2D eigenvalue weighted by atomic mass is 10.2. The van der Waals surface area contributed by atoms with E-state index < -0.39 is 0 Å². The van der Waals surface area contributed by atoms with E-state index >= 15 is 0 Å². The van der Waals surface area contributed by atoms with Crippen molar-refractivity contribution in [2.45, 2.75) is 12.6 Å². The third-order valence-electron chi connectivity index (χ3n) is 3.16.